The third-order valence-electron chi connectivity index (χ3n) is 4.76. The Labute approximate surface area is 155 Å². The van der Waals surface area contributed by atoms with Gasteiger partial charge in [-0.05, 0) is 37.2 Å². The Morgan fingerprint density at radius 1 is 1.46 bits per heavy atom. The number of aromatic nitrogens is 3. The smallest absolute Gasteiger partial charge is 0.194 e. The molecule has 1 saturated heterocycles. The molecule has 0 amide bonds. The number of rotatable bonds is 6. The first-order valence-corrected chi connectivity index (χ1v) is 9.51. The predicted octanol–water partition coefficient (Wildman–Crippen LogP) is 2.56. The first-order valence-electron chi connectivity index (χ1n) is 9.51. The average Bonchev–Trinajstić information content (AvgIpc) is 3.33. The van der Waals surface area contributed by atoms with E-state index in [2.05, 4.69) is 47.4 Å². The van der Waals surface area contributed by atoms with E-state index in [1.54, 1.807) is 0 Å². The van der Waals surface area contributed by atoms with Crippen molar-refractivity contribution in [2.75, 3.05) is 19.6 Å². The van der Waals surface area contributed by atoms with Crippen LogP contribution in [0.1, 0.15) is 50.1 Å². The summed E-state index contributed by atoms with van der Waals surface area (Å²) in [6, 6.07) is 2.01. The number of likely N-dealkylation sites (tertiary alicyclic amines) is 1. The minimum absolute atomic E-state index is 0.372. The molecule has 1 unspecified atom stereocenters. The molecule has 0 saturated carbocycles. The van der Waals surface area contributed by atoms with Gasteiger partial charge < -0.3 is 14.7 Å². The molecule has 0 spiro atoms. The third-order valence-corrected chi connectivity index (χ3v) is 4.76. The molecule has 7 nitrogen and oxygen atoms in total. The van der Waals surface area contributed by atoms with Crippen molar-refractivity contribution in [3.63, 3.8) is 0 Å². The van der Waals surface area contributed by atoms with Crippen molar-refractivity contribution in [1.29, 1.82) is 0 Å². The van der Waals surface area contributed by atoms with E-state index in [4.69, 9.17) is 9.52 Å². The number of hydrogen-bond donors (Lipinski definition) is 1. The van der Waals surface area contributed by atoms with E-state index >= 15 is 0 Å². The van der Waals surface area contributed by atoms with Gasteiger partial charge in [0.25, 0.3) is 0 Å². The van der Waals surface area contributed by atoms with E-state index in [1.807, 2.05) is 24.0 Å². The fraction of sp³-hybridized carbons (Fsp3) is 0.632. The van der Waals surface area contributed by atoms with Crippen LogP contribution >= 0.6 is 0 Å². The van der Waals surface area contributed by atoms with Crippen LogP contribution in [0.3, 0.4) is 0 Å². The topological polar surface area (TPSA) is 71.5 Å². The zero-order valence-corrected chi connectivity index (χ0v) is 16.3. The molecule has 1 fully saturated rings. The molecular weight excluding hydrogens is 328 g/mol. The SMILES string of the molecule is CCNC(=NCc1cc(C(C)C)no1)N1CCC(Cc2cnn(C)c2)C1. The van der Waals surface area contributed by atoms with Gasteiger partial charge in [-0.15, -0.1) is 0 Å². The summed E-state index contributed by atoms with van der Waals surface area (Å²) >= 11 is 0. The minimum atomic E-state index is 0.372. The molecule has 1 aliphatic heterocycles. The van der Waals surface area contributed by atoms with Crippen molar-refractivity contribution in [3.8, 4) is 0 Å². The van der Waals surface area contributed by atoms with E-state index in [9.17, 15) is 0 Å². The number of nitrogens with one attached hydrogen (secondary N) is 1. The predicted molar refractivity (Wildman–Crippen MR) is 102 cm³/mol. The van der Waals surface area contributed by atoms with E-state index < -0.39 is 0 Å². The summed E-state index contributed by atoms with van der Waals surface area (Å²) in [6.45, 7) is 9.76. The van der Waals surface area contributed by atoms with Crippen molar-refractivity contribution in [1.82, 2.24) is 25.2 Å². The lowest BCUT2D eigenvalue weighted by molar-refractivity contribution is 0.375. The summed E-state index contributed by atoms with van der Waals surface area (Å²) in [5.74, 6) is 2.79. The zero-order chi connectivity index (χ0) is 18.5. The Bertz CT molecular complexity index is 732. The Morgan fingerprint density at radius 2 is 2.31 bits per heavy atom. The quantitative estimate of drug-likeness (QED) is 0.635. The van der Waals surface area contributed by atoms with E-state index in [-0.39, 0.29) is 0 Å². The highest BCUT2D eigenvalue weighted by Crippen LogP contribution is 2.21. The maximum Gasteiger partial charge on any atom is 0.194 e. The molecule has 0 radical (unpaired) electrons. The first kappa shape index (κ1) is 18.5. The van der Waals surface area contributed by atoms with Crippen LogP contribution in [0.2, 0.25) is 0 Å². The van der Waals surface area contributed by atoms with E-state index in [0.29, 0.717) is 18.4 Å². The highest BCUT2D eigenvalue weighted by molar-refractivity contribution is 5.80. The van der Waals surface area contributed by atoms with E-state index in [1.165, 1.54) is 12.0 Å². The van der Waals surface area contributed by atoms with Gasteiger partial charge in [-0.1, -0.05) is 19.0 Å². The molecule has 3 rings (SSSR count). The molecule has 0 aliphatic carbocycles. The molecule has 7 heteroatoms. The zero-order valence-electron chi connectivity index (χ0n) is 16.3. The van der Waals surface area contributed by atoms with Crippen molar-refractivity contribution >= 4 is 5.96 Å². The maximum atomic E-state index is 5.41. The van der Waals surface area contributed by atoms with Gasteiger partial charge in [0.1, 0.15) is 6.54 Å². The van der Waals surface area contributed by atoms with Gasteiger partial charge in [0.2, 0.25) is 0 Å². The van der Waals surface area contributed by atoms with Crippen LogP contribution in [0, 0.1) is 5.92 Å². The summed E-state index contributed by atoms with van der Waals surface area (Å²) in [7, 11) is 1.97. The number of aryl methyl sites for hydroxylation is 1. The van der Waals surface area contributed by atoms with Gasteiger partial charge in [0.15, 0.2) is 11.7 Å². The Hall–Kier alpha value is -2.31. The Kier molecular flexibility index (Phi) is 5.96. The molecular formula is C19H30N6O. The summed E-state index contributed by atoms with van der Waals surface area (Å²) in [5, 5.41) is 11.8. The molecule has 0 aromatic carbocycles. The second-order valence-corrected chi connectivity index (χ2v) is 7.37. The van der Waals surface area contributed by atoms with Crippen LogP contribution in [0.15, 0.2) is 28.0 Å². The van der Waals surface area contributed by atoms with Gasteiger partial charge in [-0.3, -0.25) is 4.68 Å². The van der Waals surface area contributed by atoms with Crippen LogP contribution in [-0.4, -0.2) is 45.4 Å². The lowest BCUT2D eigenvalue weighted by Gasteiger charge is -2.21. The normalized spacial score (nSPS) is 18.1. The molecule has 0 bridgehead atoms. The summed E-state index contributed by atoms with van der Waals surface area (Å²) in [4.78, 5) is 7.12. The fourth-order valence-corrected chi connectivity index (χ4v) is 3.36. The number of guanidine groups is 1. The minimum Gasteiger partial charge on any atom is -0.359 e. The Morgan fingerprint density at radius 3 is 2.96 bits per heavy atom. The average molecular weight is 358 g/mol. The van der Waals surface area contributed by atoms with E-state index in [0.717, 1.165) is 43.5 Å². The van der Waals surface area contributed by atoms with Crippen LogP contribution in [0.4, 0.5) is 0 Å². The number of hydrogen-bond acceptors (Lipinski definition) is 4. The summed E-state index contributed by atoms with van der Waals surface area (Å²) < 4.78 is 7.28. The largest absolute Gasteiger partial charge is 0.359 e. The molecule has 142 valence electrons. The maximum absolute atomic E-state index is 5.41. The molecule has 1 N–H and O–H groups in total. The lowest BCUT2D eigenvalue weighted by atomic mass is 10.0. The second kappa shape index (κ2) is 8.38. The van der Waals surface area contributed by atoms with Crippen molar-refractivity contribution in [3.05, 3.63) is 35.5 Å². The highest BCUT2D eigenvalue weighted by Gasteiger charge is 2.25. The molecule has 1 aliphatic rings. The fourth-order valence-electron chi connectivity index (χ4n) is 3.36. The highest BCUT2D eigenvalue weighted by atomic mass is 16.5. The summed E-state index contributed by atoms with van der Waals surface area (Å²) in [6.07, 6.45) is 6.33. The molecule has 1 atom stereocenters. The van der Waals surface area contributed by atoms with Gasteiger partial charge in [0, 0.05) is 38.9 Å². The van der Waals surface area contributed by atoms with Crippen molar-refractivity contribution < 1.29 is 4.52 Å². The molecule has 3 heterocycles. The first-order chi connectivity index (χ1) is 12.5. The van der Waals surface area contributed by atoms with Crippen molar-refractivity contribution in [2.45, 2.75) is 46.1 Å². The van der Waals surface area contributed by atoms with Crippen LogP contribution < -0.4 is 5.32 Å². The lowest BCUT2D eigenvalue weighted by Crippen LogP contribution is -2.40. The molecule has 26 heavy (non-hydrogen) atoms. The Balaban J connectivity index is 1.60. The van der Waals surface area contributed by atoms with Crippen molar-refractivity contribution in [2.24, 2.45) is 18.0 Å². The van der Waals surface area contributed by atoms with Gasteiger partial charge in [0.05, 0.1) is 11.9 Å². The number of nitrogens with zero attached hydrogens (tertiary/aromatic N) is 5. The second-order valence-electron chi connectivity index (χ2n) is 7.37. The monoisotopic (exact) mass is 358 g/mol. The summed E-state index contributed by atoms with van der Waals surface area (Å²) in [5.41, 5.74) is 2.29. The van der Waals surface area contributed by atoms with Crippen LogP contribution in [0.5, 0.6) is 0 Å². The van der Waals surface area contributed by atoms with Crippen LogP contribution in [-0.2, 0) is 20.0 Å². The number of aliphatic imine (C=N–C) groups is 1. The van der Waals surface area contributed by atoms with Gasteiger partial charge >= 0.3 is 0 Å². The standard InChI is InChI=1S/C19H30N6O/c1-5-20-19(21-11-17-9-18(14(2)3)23-26-17)25-7-6-15(13-25)8-16-10-22-24(4)12-16/h9-10,12,14-15H,5-8,11,13H2,1-4H3,(H,20,21). The molecule has 2 aromatic heterocycles. The molecule has 2 aromatic rings. The third kappa shape index (κ3) is 4.65. The van der Waals surface area contributed by atoms with Gasteiger partial charge in [-0.25, -0.2) is 4.99 Å². The van der Waals surface area contributed by atoms with Gasteiger partial charge in [-0.2, -0.15) is 5.10 Å². The van der Waals surface area contributed by atoms with Crippen LogP contribution in [0.25, 0.3) is 0 Å².